The lowest BCUT2D eigenvalue weighted by atomic mass is 10.2. The molecule has 0 spiro atoms. The minimum atomic E-state index is -0.154. The summed E-state index contributed by atoms with van der Waals surface area (Å²) in [5.74, 6) is 0.580. The van der Waals surface area contributed by atoms with Crippen molar-refractivity contribution in [3.8, 4) is 0 Å². The van der Waals surface area contributed by atoms with Crippen molar-refractivity contribution < 1.29 is 4.79 Å². The third kappa shape index (κ3) is 2.36. The number of halogens is 1. The van der Waals surface area contributed by atoms with Crippen LogP contribution in [0.5, 0.6) is 0 Å². The van der Waals surface area contributed by atoms with Gasteiger partial charge < -0.3 is 10.3 Å². The van der Waals surface area contributed by atoms with Crippen molar-refractivity contribution in [2.45, 2.75) is 13.8 Å². The fraction of sp³-hybridized carbons (Fsp3) is 0.273. The number of carbonyl (C=O) groups is 1. The van der Waals surface area contributed by atoms with Gasteiger partial charge in [0.25, 0.3) is 5.91 Å². The van der Waals surface area contributed by atoms with E-state index in [2.05, 4.69) is 38.0 Å². The number of aromatic nitrogens is 3. The van der Waals surface area contributed by atoms with Gasteiger partial charge in [0.1, 0.15) is 11.5 Å². The summed E-state index contributed by atoms with van der Waals surface area (Å²) in [6, 6.07) is 1.80. The van der Waals surface area contributed by atoms with Crippen LogP contribution in [0.3, 0.4) is 0 Å². The van der Waals surface area contributed by atoms with E-state index in [1.165, 1.54) is 0 Å². The van der Waals surface area contributed by atoms with Crippen molar-refractivity contribution in [1.29, 1.82) is 0 Å². The van der Waals surface area contributed by atoms with E-state index in [0.29, 0.717) is 5.69 Å². The highest BCUT2D eigenvalue weighted by Crippen LogP contribution is 2.18. The Morgan fingerprint density at radius 2 is 2.24 bits per heavy atom. The number of rotatable bonds is 2. The summed E-state index contributed by atoms with van der Waals surface area (Å²) in [4.78, 5) is 14.9. The normalized spacial score (nSPS) is 10.6. The number of hydrogen-bond acceptors (Lipinski definition) is 2. The Bertz CT molecular complexity index is 570. The number of aromatic amines is 1. The van der Waals surface area contributed by atoms with Gasteiger partial charge >= 0.3 is 0 Å². The molecule has 90 valence electrons. The van der Waals surface area contributed by atoms with Gasteiger partial charge in [-0.25, -0.2) is 0 Å². The number of amides is 1. The number of carbonyl (C=O) groups excluding carboxylic acids is 1. The molecule has 1 amide bonds. The lowest BCUT2D eigenvalue weighted by Gasteiger charge is -2.05. The lowest BCUT2D eigenvalue weighted by Crippen LogP contribution is -2.15. The summed E-state index contributed by atoms with van der Waals surface area (Å²) in [6.07, 6.45) is 1.79. The maximum atomic E-state index is 12.0. The highest BCUT2D eigenvalue weighted by Gasteiger charge is 2.14. The average Bonchev–Trinajstić information content (AvgIpc) is 2.79. The van der Waals surface area contributed by atoms with Crippen molar-refractivity contribution in [2.75, 3.05) is 5.32 Å². The van der Waals surface area contributed by atoms with Gasteiger partial charge in [-0.3, -0.25) is 9.48 Å². The van der Waals surface area contributed by atoms with Crippen molar-refractivity contribution in [3.05, 3.63) is 32.8 Å². The Balaban J connectivity index is 2.24. The van der Waals surface area contributed by atoms with Crippen molar-refractivity contribution in [3.63, 3.8) is 0 Å². The number of anilines is 1. The second-order valence-corrected chi connectivity index (χ2v) is 5.11. The molecule has 17 heavy (non-hydrogen) atoms. The van der Waals surface area contributed by atoms with E-state index in [9.17, 15) is 4.79 Å². The van der Waals surface area contributed by atoms with Crippen LogP contribution in [0.1, 0.15) is 21.7 Å². The summed E-state index contributed by atoms with van der Waals surface area (Å²) in [5.41, 5.74) is 2.46. The van der Waals surface area contributed by atoms with Gasteiger partial charge in [-0.1, -0.05) is 0 Å². The third-order valence-electron chi connectivity index (χ3n) is 2.65. The maximum Gasteiger partial charge on any atom is 0.273 e. The molecule has 0 radical (unpaired) electrons. The number of nitrogens with zero attached hydrogens (tertiary/aromatic N) is 2. The fourth-order valence-corrected chi connectivity index (χ4v) is 2.08. The Labute approximate surface area is 113 Å². The van der Waals surface area contributed by atoms with Gasteiger partial charge in [0.2, 0.25) is 0 Å². The Hall–Kier alpha value is -1.31. The molecule has 0 aromatic carbocycles. The quantitative estimate of drug-likeness (QED) is 0.821. The predicted octanol–water partition coefficient (Wildman–Crippen LogP) is 2.22. The smallest absolute Gasteiger partial charge is 0.273 e. The molecule has 5 nitrogen and oxygen atoms in total. The zero-order chi connectivity index (χ0) is 12.6. The van der Waals surface area contributed by atoms with Crippen LogP contribution in [0.25, 0.3) is 0 Å². The molecule has 0 unspecified atom stereocenters. The minimum absolute atomic E-state index is 0.154. The molecule has 0 aliphatic carbocycles. The van der Waals surface area contributed by atoms with E-state index >= 15 is 0 Å². The molecule has 0 aliphatic heterocycles. The van der Waals surface area contributed by atoms with E-state index < -0.39 is 0 Å². The first-order valence-electron chi connectivity index (χ1n) is 5.14. The number of H-pyrrole nitrogens is 1. The van der Waals surface area contributed by atoms with Crippen LogP contribution >= 0.6 is 22.6 Å². The molecule has 2 aromatic heterocycles. The third-order valence-corrected chi connectivity index (χ3v) is 3.27. The van der Waals surface area contributed by atoms with Crippen molar-refractivity contribution in [1.82, 2.24) is 14.8 Å². The van der Waals surface area contributed by atoms with E-state index in [1.54, 1.807) is 16.9 Å². The molecule has 2 rings (SSSR count). The molecule has 2 aromatic rings. The number of aryl methyl sites for hydroxylation is 2. The molecule has 2 N–H and O–H groups in total. The molecule has 0 bridgehead atoms. The summed E-state index contributed by atoms with van der Waals surface area (Å²) in [7, 11) is 1.81. The van der Waals surface area contributed by atoms with E-state index in [0.717, 1.165) is 20.6 Å². The topological polar surface area (TPSA) is 62.7 Å². The summed E-state index contributed by atoms with van der Waals surface area (Å²) in [6.45, 7) is 3.86. The Kier molecular flexibility index (Phi) is 3.23. The fourth-order valence-electron chi connectivity index (χ4n) is 1.61. The van der Waals surface area contributed by atoms with Gasteiger partial charge in [-0.05, 0) is 42.5 Å². The van der Waals surface area contributed by atoms with Crippen LogP contribution in [-0.2, 0) is 7.05 Å². The summed E-state index contributed by atoms with van der Waals surface area (Å²) in [5, 5.41) is 7.11. The molecular formula is C11H13IN4O. The van der Waals surface area contributed by atoms with Crippen LogP contribution in [0.4, 0.5) is 5.82 Å². The van der Waals surface area contributed by atoms with Gasteiger partial charge in [0.15, 0.2) is 0 Å². The SMILES string of the molecule is Cc1nn(C)c(NC(=O)c2cc(I)c[nH]2)c1C. The zero-order valence-corrected chi connectivity index (χ0v) is 12.0. The van der Waals surface area contributed by atoms with Crippen LogP contribution in [0.2, 0.25) is 0 Å². The first-order chi connectivity index (χ1) is 7.99. The van der Waals surface area contributed by atoms with Crippen molar-refractivity contribution in [2.24, 2.45) is 7.05 Å². The van der Waals surface area contributed by atoms with Crippen LogP contribution < -0.4 is 5.32 Å². The first kappa shape index (κ1) is 12.2. The largest absolute Gasteiger partial charge is 0.356 e. The highest BCUT2D eigenvalue weighted by molar-refractivity contribution is 14.1. The molecule has 0 saturated carbocycles. The number of hydrogen-bond donors (Lipinski definition) is 2. The van der Waals surface area contributed by atoms with Gasteiger partial charge in [0.05, 0.1) is 5.69 Å². The van der Waals surface area contributed by atoms with Gasteiger partial charge in [-0.2, -0.15) is 5.10 Å². The average molecular weight is 344 g/mol. The monoisotopic (exact) mass is 344 g/mol. The van der Waals surface area contributed by atoms with Crippen LogP contribution in [-0.4, -0.2) is 20.7 Å². The van der Waals surface area contributed by atoms with Crippen molar-refractivity contribution >= 4 is 34.3 Å². The first-order valence-corrected chi connectivity index (χ1v) is 6.22. The molecule has 0 aliphatic rings. The number of nitrogens with one attached hydrogen (secondary N) is 2. The second-order valence-electron chi connectivity index (χ2n) is 3.87. The predicted molar refractivity (Wildman–Crippen MR) is 74.1 cm³/mol. The lowest BCUT2D eigenvalue weighted by molar-refractivity contribution is 0.102. The summed E-state index contributed by atoms with van der Waals surface area (Å²) >= 11 is 2.15. The standard InChI is InChI=1S/C11H13IN4O/c1-6-7(2)15-16(3)10(6)14-11(17)9-4-8(12)5-13-9/h4-5,13H,1-3H3,(H,14,17). The molecule has 0 saturated heterocycles. The zero-order valence-electron chi connectivity index (χ0n) is 9.84. The van der Waals surface area contributed by atoms with E-state index in [-0.39, 0.29) is 5.91 Å². The molecule has 0 atom stereocenters. The molecule has 6 heteroatoms. The highest BCUT2D eigenvalue weighted by atomic mass is 127. The molecule has 2 heterocycles. The van der Waals surface area contributed by atoms with Crippen LogP contribution in [0, 0.1) is 17.4 Å². The van der Waals surface area contributed by atoms with Gasteiger partial charge in [-0.15, -0.1) is 0 Å². The molecule has 0 fully saturated rings. The minimum Gasteiger partial charge on any atom is -0.356 e. The van der Waals surface area contributed by atoms with Crippen LogP contribution in [0.15, 0.2) is 12.3 Å². The Morgan fingerprint density at radius 1 is 1.53 bits per heavy atom. The Morgan fingerprint density at radius 3 is 2.71 bits per heavy atom. The summed E-state index contributed by atoms with van der Waals surface area (Å²) < 4.78 is 2.68. The maximum absolute atomic E-state index is 12.0. The van der Waals surface area contributed by atoms with Gasteiger partial charge in [0, 0.05) is 22.4 Å². The van der Waals surface area contributed by atoms with E-state index in [4.69, 9.17) is 0 Å². The second kappa shape index (κ2) is 4.52. The van der Waals surface area contributed by atoms with E-state index in [1.807, 2.05) is 20.9 Å². The molecular weight excluding hydrogens is 331 g/mol.